The lowest BCUT2D eigenvalue weighted by atomic mass is 10.2. The van der Waals surface area contributed by atoms with Crippen LogP contribution in [0.1, 0.15) is 11.1 Å². The normalized spacial score (nSPS) is 13.2. The number of benzene rings is 2. The number of hydrazine groups is 3. The fraction of sp³-hybridized carbons (Fsp3) is 0.188. The highest BCUT2D eigenvalue weighted by Crippen LogP contribution is 2.37. The Kier molecular flexibility index (Phi) is 5.37. The number of nitrogens with one attached hydrogen (secondary N) is 4. The summed E-state index contributed by atoms with van der Waals surface area (Å²) in [5.74, 6) is 1.70. The van der Waals surface area contributed by atoms with Crippen molar-refractivity contribution in [2.24, 2.45) is 4.99 Å². The summed E-state index contributed by atoms with van der Waals surface area (Å²) in [6.45, 7) is 0.859. The van der Waals surface area contributed by atoms with Gasteiger partial charge in [0.05, 0.1) is 18.7 Å². The van der Waals surface area contributed by atoms with Crippen molar-refractivity contribution in [3.05, 3.63) is 58.6 Å². The van der Waals surface area contributed by atoms with E-state index >= 15 is 0 Å². The van der Waals surface area contributed by atoms with Crippen molar-refractivity contribution in [2.75, 3.05) is 7.11 Å². The maximum absolute atomic E-state index is 6.37. The summed E-state index contributed by atoms with van der Waals surface area (Å²) in [7, 11) is 1.59. The predicted octanol–water partition coefficient (Wildman–Crippen LogP) is 1.90. The maximum atomic E-state index is 6.37. The second-order valence-corrected chi connectivity index (χ2v) is 5.46. The summed E-state index contributed by atoms with van der Waals surface area (Å²) in [5.41, 5.74) is 12.9. The highest BCUT2D eigenvalue weighted by Gasteiger charge is 2.13. The molecule has 3 rings (SSSR count). The number of aliphatic imine (C=N–C) groups is 1. The van der Waals surface area contributed by atoms with E-state index in [1.54, 1.807) is 7.11 Å². The summed E-state index contributed by atoms with van der Waals surface area (Å²) in [4.78, 5) is 4.35. The quantitative estimate of drug-likeness (QED) is 0.639. The summed E-state index contributed by atoms with van der Waals surface area (Å²) in [6.07, 6.45) is 0. The summed E-state index contributed by atoms with van der Waals surface area (Å²) in [5, 5.41) is 0.490. The molecule has 0 aromatic heterocycles. The SMILES string of the molecule is COc1cc(CN=C2NNNN2)cc(Cl)c1OCc1ccccc1. The van der Waals surface area contributed by atoms with Gasteiger partial charge in [-0.3, -0.25) is 10.9 Å². The van der Waals surface area contributed by atoms with Gasteiger partial charge in [-0.2, -0.15) is 11.1 Å². The molecule has 0 aliphatic carbocycles. The zero-order valence-corrected chi connectivity index (χ0v) is 13.9. The van der Waals surface area contributed by atoms with E-state index < -0.39 is 0 Å². The smallest absolute Gasteiger partial charge is 0.223 e. The first kappa shape index (κ1) is 16.4. The third kappa shape index (κ3) is 4.08. The third-order valence-electron chi connectivity index (χ3n) is 3.36. The molecule has 24 heavy (non-hydrogen) atoms. The van der Waals surface area contributed by atoms with Gasteiger partial charge in [0.1, 0.15) is 6.61 Å². The molecule has 0 unspecified atom stereocenters. The fourth-order valence-electron chi connectivity index (χ4n) is 2.20. The van der Waals surface area contributed by atoms with Crippen molar-refractivity contribution >= 4 is 17.6 Å². The van der Waals surface area contributed by atoms with Gasteiger partial charge < -0.3 is 9.47 Å². The molecular weight excluding hydrogens is 330 g/mol. The molecule has 7 nitrogen and oxygen atoms in total. The molecule has 1 aliphatic heterocycles. The zero-order valence-electron chi connectivity index (χ0n) is 13.1. The van der Waals surface area contributed by atoms with Crippen LogP contribution in [0.15, 0.2) is 47.5 Å². The lowest BCUT2D eigenvalue weighted by Gasteiger charge is -2.14. The van der Waals surface area contributed by atoms with E-state index in [1.807, 2.05) is 42.5 Å². The Morgan fingerprint density at radius 3 is 2.50 bits per heavy atom. The molecule has 8 heteroatoms. The molecule has 2 aromatic rings. The first-order chi connectivity index (χ1) is 11.8. The van der Waals surface area contributed by atoms with E-state index in [2.05, 4.69) is 26.9 Å². The van der Waals surface area contributed by atoms with Gasteiger partial charge in [0.15, 0.2) is 11.5 Å². The summed E-state index contributed by atoms with van der Waals surface area (Å²) < 4.78 is 11.3. The van der Waals surface area contributed by atoms with Crippen LogP contribution in [0, 0.1) is 0 Å². The maximum Gasteiger partial charge on any atom is 0.223 e. The summed E-state index contributed by atoms with van der Waals surface area (Å²) >= 11 is 6.37. The van der Waals surface area contributed by atoms with Crippen molar-refractivity contribution in [3.8, 4) is 11.5 Å². The van der Waals surface area contributed by atoms with Crippen LogP contribution in [0.3, 0.4) is 0 Å². The van der Waals surface area contributed by atoms with Crippen molar-refractivity contribution in [2.45, 2.75) is 13.2 Å². The topological polar surface area (TPSA) is 78.9 Å². The Hall–Kier alpha value is -2.48. The molecule has 1 heterocycles. The molecule has 0 saturated carbocycles. The zero-order chi connectivity index (χ0) is 16.8. The second-order valence-electron chi connectivity index (χ2n) is 5.05. The highest BCUT2D eigenvalue weighted by atomic mass is 35.5. The van der Waals surface area contributed by atoms with Crippen molar-refractivity contribution in [1.82, 2.24) is 21.9 Å². The minimum absolute atomic E-state index is 0.420. The van der Waals surface area contributed by atoms with Gasteiger partial charge in [-0.25, -0.2) is 4.99 Å². The number of halogens is 1. The van der Waals surface area contributed by atoms with Crippen LogP contribution in [0.25, 0.3) is 0 Å². The van der Waals surface area contributed by atoms with Crippen LogP contribution in [-0.2, 0) is 13.2 Å². The van der Waals surface area contributed by atoms with Crippen molar-refractivity contribution < 1.29 is 9.47 Å². The number of rotatable bonds is 6. The molecular formula is C16H18ClN5O2. The van der Waals surface area contributed by atoms with Gasteiger partial charge in [0.25, 0.3) is 0 Å². The summed E-state index contributed by atoms with van der Waals surface area (Å²) in [6, 6.07) is 13.6. The number of methoxy groups -OCH3 is 1. The molecule has 0 amide bonds. The van der Waals surface area contributed by atoms with Crippen LogP contribution in [0.4, 0.5) is 0 Å². The Bertz CT molecular complexity index is 716. The Morgan fingerprint density at radius 2 is 1.79 bits per heavy atom. The van der Waals surface area contributed by atoms with Gasteiger partial charge >= 0.3 is 0 Å². The predicted molar refractivity (Wildman–Crippen MR) is 92.5 cm³/mol. The lowest BCUT2D eigenvalue weighted by Crippen LogP contribution is -2.33. The van der Waals surface area contributed by atoms with Crippen LogP contribution in [0.5, 0.6) is 11.5 Å². The average molecular weight is 348 g/mol. The van der Waals surface area contributed by atoms with E-state index in [1.165, 1.54) is 0 Å². The van der Waals surface area contributed by atoms with Gasteiger partial charge in [0, 0.05) is 0 Å². The van der Waals surface area contributed by atoms with E-state index in [4.69, 9.17) is 21.1 Å². The third-order valence-corrected chi connectivity index (χ3v) is 3.64. The van der Waals surface area contributed by atoms with Crippen LogP contribution < -0.4 is 31.4 Å². The molecule has 0 spiro atoms. The van der Waals surface area contributed by atoms with E-state index in [-0.39, 0.29) is 0 Å². The number of nitrogens with zero attached hydrogens (tertiary/aromatic N) is 1. The molecule has 0 radical (unpaired) electrons. The van der Waals surface area contributed by atoms with E-state index in [0.717, 1.165) is 11.1 Å². The van der Waals surface area contributed by atoms with E-state index in [0.29, 0.717) is 35.6 Å². The van der Waals surface area contributed by atoms with Gasteiger partial charge in [-0.15, -0.1) is 0 Å². The van der Waals surface area contributed by atoms with Gasteiger partial charge in [0.2, 0.25) is 5.96 Å². The molecule has 2 aromatic carbocycles. The minimum atomic E-state index is 0.420. The largest absolute Gasteiger partial charge is 0.493 e. The average Bonchev–Trinajstić information content (AvgIpc) is 3.13. The van der Waals surface area contributed by atoms with Crippen LogP contribution >= 0.6 is 11.6 Å². The molecule has 126 valence electrons. The number of hydrogen-bond donors (Lipinski definition) is 4. The molecule has 0 atom stereocenters. The van der Waals surface area contributed by atoms with Crippen molar-refractivity contribution in [3.63, 3.8) is 0 Å². The van der Waals surface area contributed by atoms with Gasteiger partial charge in [-0.1, -0.05) is 41.9 Å². The van der Waals surface area contributed by atoms with Crippen LogP contribution in [-0.4, -0.2) is 13.1 Å². The van der Waals surface area contributed by atoms with Gasteiger partial charge in [-0.05, 0) is 23.3 Å². The lowest BCUT2D eigenvalue weighted by molar-refractivity contribution is 0.284. The van der Waals surface area contributed by atoms with Crippen LogP contribution in [0.2, 0.25) is 5.02 Å². The monoisotopic (exact) mass is 347 g/mol. The standard InChI is InChI=1S/C16H18ClN5O2/c1-23-14-8-12(9-18-16-19-21-22-20-16)7-13(17)15(14)24-10-11-5-3-2-4-6-11/h2-8,21-22H,9-10H2,1H3,(H2,18,19,20). The molecule has 4 N–H and O–H groups in total. The fourth-order valence-corrected chi connectivity index (χ4v) is 2.48. The molecule has 1 aliphatic rings. The Morgan fingerprint density at radius 1 is 1.04 bits per heavy atom. The Balaban J connectivity index is 1.73. The molecule has 0 bridgehead atoms. The second kappa shape index (κ2) is 7.87. The minimum Gasteiger partial charge on any atom is -0.493 e. The Labute approximate surface area is 144 Å². The number of ether oxygens (including phenoxy) is 2. The first-order valence-corrected chi connectivity index (χ1v) is 7.73. The molecule has 1 fully saturated rings. The molecule has 1 saturated heterocycles. The number of guanidine groups is 1. The first-order valence-electron chi connectivity index (χ1n) is 7.36. The van der Waals surface area contributed by atoms with Crippen molar-refractivity contribution in [1.29, 1.82) is 0 Å². The highest BCUT2D eigenvalue weighted by molar-refractivity contribution is 6.32. The number of hydrogen-bond acceptors (Lipinski definition) is 5. The van der Waals surface area contributed by atoms with E-state index in [9.17, 15) is 0 Å².